The Bertz CT molecular complexity index is 1300. The molecule has 0 aliphatic rings. The van der Waals surface area contributed by atoms with Crippen LogP contribution in [0.15, 0.2) is 72.8 Å². The molecule has 0 bridgehead atoms. The van der Waals surface area contributed by atoms with E-state index in [0.29, 0.717) is 41.5 Å². The Labute approximate surface area is 203 Å². The summed E-state index contributed by atoms with van der Waals surface area (Å²) in [4.78, 5) is 13.2. The molecule has 0 radical (unpaired) electrons. The topological polar surface area (TPSA) is 74.6 Å². The third-order valence-corrected chi connectivity index (χ3v) is 5.55. The van der Waals surface area contributed by atoms with Crippen LogP contribution in [0, 0.1) is 5.82 Å². The van der Waals surface area contributed by atoms with Crippen molar-refractivity contribution < 1.29 is 23.4 Å². The predicted octanol–water partition coefficient (Wildman–Crippen LogP) is 4.68. The first-order valence-corrected chi connectivity index (χ1v) is 11.0. The molecule has 1 aromatic heterocycles. The fourth-order valence-corrected chi connectivity index (χ4v) is 3.67. The Kier molecular flexibility index (Phi) is 7.30. The van der Waals surface area contributed by atoms with Gasteiger partial charge in [-0.25, -0.2) is 9.07 Å². The number of aromatic nitrogens is 2. The van der Waals surface area contributed by atoms with Gasteiger partial charge in [-0.15, -0.1) is 0 Å². The fourth-order valence-electron chi connectivity index (χ4n) is 3.67. The maximum absolute atomic E-state index is 13.5. The molecule has 1 heterocycles. The van der Waals surface area contributed by atoms with Crippen molar-refractivity contribution in [3.63, 3.8) is 0 Å². The summed E-state index contributed by atoms with van der Waals surface area (Å²) in [5.41, 5.74) is 3.35. The van der Waals surface area contributed by atoms with Crippen LogP contribution in [0.25, 0.3) is 16.9 Å². The average Bonchev–Trinajstić information content (AvgIpc) is 3.34. The third-order valence-electron chi connectivity index (χ3n) is 5.55. The fraction of sp³-hybridized carbons (Fsp3) is 0.185. The molecule has 1 N–H and O–H groups in total. The lowest BCUT2D eigenvalue weighted by molar-refractivity contribution is 0.0946. The molecule has 0 fully saturated rings. The molecule has 7 nitrogen and oxygen atoms in total. The molecule has 0 atom stereocenters. The van der Waals surface area contributed by atoms with Gasteiger partial charge in [0.25, 0.3) is 5.91 Å². The molecule has 0 spiro atoms. The second kappa shape index (κ2) is 10.7. The van der Waals surface area contributed by atoms with Gasteiger partial charge in [0.05, 0.1) is 32.7 Å². The van der Waals surface area contributed by atoms with Crippen molar-refractivity contribution in [1.82, 2.24) is 15.1 Å². The van der Waals surface area contributed by atoms with Gasteiger partial charge in [-0.05, 0) is 78.7 Å². The van der Waals surface area contributed by atoms with Gasteiger partial charge in [-0.1, -0.05) is 6.07 Å². The van der Waals surface area contributed by atoms with Gasteiger partial charge in [0, 0.05) is 12.1 Å². The molecule has 35 heavy (non-hydrogen) atoms. The lowest BCUT2D eigenvalue weighted by Crippen LogP contribution is -2.27. The first kappa shape index (κ1) is 23.8. The molecule has 3 aromatic carbocycles. The second-order valence-electron chi connectivity index (χ2n) is 7.73. The van der Waals surface area contributed by atoms with Gasteiger partial charge in [0.2, 0.25) is 0 Å². The molecule has 4 rings (SSSR count). The van der Waals surface area contributed by atoms with Crippen LogP contribution in [0.2, 0.25) is 0 Å². The van der Waals surface area contributed by atoms with Crippen LogP contribution in [0.4, 0.5) is 4.39 Å². The van der Waals surface area contributed by atoms with E-state index in [-0.39, 0.29) is 11.7 Å². The van der Waals surface area contributed by atoms with Crippen LogP contribution in [0.3, 0.4) is 0 Å². The highest BCUT2D eigenvalue weighted by Crippen LogP contribution is 2.28. The van der Waals surface area contributed by atoms with Gasteiger partial charge in [0.15, 0.2) is 11.5 Å². The number of hydrogen-bond donors (Lipinski definition) is 1. The Morgan fingerprint density at radius 2 is 1.60 bits per heavy atom. The predicted molar refractivity (Wildman–Crippen MR) is 131 cm³/mol. The van der Waals surface area contributed by atoms with E-state index in [1.165, 1.54) is 16.8 Å². The quantitative estimate of drug-likeness (QED) is 0.381. The van der Waals surface area contributed by atoms with E-state index in [9.17, 15) is 9.18 Å². The standard InChI is InChI=1S/C27H26FN3O4/c1-33-22-11-5-19(6-12-22)23-17-24(31(30-23)21-9-7-20(28)8-10-21)27(32)29-15-14-18-4-13-25(34-2)26(16-18)35-3/h4-13,16-17H,14-15H2,1-3H3,(H,29,32). The minimum Gasteiger partial charge on any atom is -0.497 e. The van der Waals surface area contributed by atoms with Gasteiger partial charge in [0.1, 0.15) is 17.3 Å². The first-order valence-electron chi connectivity index (χ1n) is 11.0. The molecule has 0 aliphatic heterocycles. The van der Waals surface area contributed by atoms with Crippen molar-refractivity contribution in [2.24, 2.45) is 0 Å². The normalized spacial score (nSPS) is 10.6. The molecule has 0 saturated carbocycles. The highest BCUT2D eigenvalue weighted by molar-refractivity contribution is 5.94. The number of nitrogens with one attached hydrogen (secondary N) is 1. The maximum Gasteiger partial charge on any atom is 0.270 e. The summed E-state index contributed by atoms with van der Waals surface area (Å²) in [6, 6.07) is 20.6. The van der Waals surface area contributed by atoms with Crippen LogP contribution in [-0.2, 0) is 6.42 Å². The van der Waals surface area contributed by atoms with E-state index < -0.39 is 0 Å². The number of hydrogen-bond acceptors (Lipinski definition) is 5. The van der Waals surface area contributed by atoms with E-state index in [2.05, 4.69) is 10.4 Å². The van der Waals surface area contributed by atoms with E-state index >= 15 is 0 Å². The number of ether oxygens (including phenoxy) is 3. The number of carbonyl (C=O) groups excluding carboxylic acids is 1. The van der Waals surface area contributed by atoms with Crippen LogP contribution >= 0.6 is 0 Å². The second-order valence-corrected chi connectivity index (χ2v) is 7.73. The van der Waals surface area contributed by atoms with Crippen molar-refractivity contribution in [3.05, 3.63) is 89.9 Å². The smallest absolute Gasteiger partial charge is 0.270 e. The van der Waals surface area contributed by atoms with E-state index in [1.807, 2.05) is 42.5 Å². The Hall–Kier alpha value is -4.33. The number of amides is 1. The summed E-state index contributed by atoms with van der Waals surface area (Å²) in [6.07, 6.45) is 0.599. The molecule has 1 amide bonds. The number of halogens is 1. The van der Waals surface area contributed by atoms with E-state index in [0.717, 1.165) is 16.9 Å². The van der Waals surface area contributed by atoms with Gasteiger partial charge in [-0.2, -0.15) is 5.10 Å². The number of benzene rings is 3. The lowest BCUT2D eigenvalue weighted by Gasteiger charge is -2.11. The first-order chi connectivity index (χ1) is 17.0. The maximum atomic E-state index is 13.5. The van der Waals surface area contributed by atoms with Crippen molar-refractivity contribution in [2.75, 3.05) is 27.9 Å². The van der Waals surface area contributed by atoms with Crippen molar-refractivity contribution in [1.29, 1.82) is 0 Å². The van der Waals surface area contributed by atoms with Gasteiger partial charge < -0.3 is 19.5 Å². The summed E-state index contributed by atoms with van der Waals surface area (Å²) in [6.45, 7) is 0.404. The number of rotatable bonds is 9. The zero-order valence-corrected chi connectivity index (χ0v) is 19.7. The van der Waals surface area contributed by atoms with Crippen LogP contribution in [-0.4, -0.2) is 43.6 Å². The van der Waals surface area contributed by atoms with Crippen molar-refractivity contribution in [3.8, 4) is 34.2 Å². The van der Waals surface area contributed by atoms with Crippen molar-refractivity contribution in [2.45, 2.75) is 6.42 Å². The van der Waals surface area contributed by atoms with Gasteiger partial charge in [-0.3, -0.25) is 4.79 Å². The summed E-state index contributed by atoms with van der Waals surface area (Å²) in [5, 5.41) is 7.58. The van der Waals surface area contributed by atoms with E-state index in [4.69, 9.17) is 14.2 Å². The van der Waals surface area contributed by atoms with Crippen LogP contribution < -0.4 is 19.5 Å². The minimum atomic E-state index is -0.364. The Morgan fingerprint density at radius 3 is 2.26 bits per heavy atom. The molecule has 4 aromatic rings. The van der Waals surface area contributed by atoms with Crippen LogP contribution in [0.1, 0.15) is 16.1 Å². The Morgan fingerprint density at radius 1 is 0.886 bits per heavy atom. The summed E-state index contributed by atoms with van der Waals surface area (Å²) >= 11 is 0. The Balaban J connectivity index is 1.56. The average molecular weight is 476 g/mol. The lowest BCUT2D eigenvalue weighted by atomic mass is 10.1. The largest absolute Gasteiger partial charge is 0.497 e. The number of methoxy groups -OCH3 is 3. The molecular weight excluding hydrogens is 449 g/mol. The molecule has 8 heteroatoms. The highest BCUT2D eigenvalue weighted by atomic mass is 19.1. The zero-order valence-electron chi connectivity index (χ0n) is 19.7. The summed E-state index contributed by atoms with van der Waals surface area (Å²) in [7, 11) is 4.77. The molecule has 0 unspecified atom stereocenters. The van der Waals surface area contributed by atoms with Crippen molar-refractivity contribution >= 4 is 5.91 Å². The zero-order chi connectivity index (χ0) is 24.8. The molecule has 0 saturated heterocycles. The molecular formula is C27H26FN3O4. The number of carbonyl (C=O) groups is 1. The monoisotopic (exact) mass is 475 g/mol. The summed E-state index contributed by atoms with van der Waals surface area (Å²) < 4.78 is 30.9. The molecule has 180 valence electrons. The SMILES string of the molecule is COc1ccc(-c2cc(C(=O)NCCc3ccc(OC)c(OC)c3)n(-c3ccc(F)cc3)n2)cc1. The summed E-state index contributed by atoms with van der Waals surface area (Å²) in [5.74, 6) is 1.35. The number of nitrogens with zero attached hydrogens (tertiary/aromatic N) is 2. The molecule has 0 aliphatic carbocycles. The minimum absolute atomic E-state index is 0.290. The third kappa shape index (κ3) is 5.43. The van der Waals surface area contributed by atoms with Gasteiger partial charge >= 0.3 is 0 Å². The van der Waals surface area contributed by atoms with E-state index in [1.54, 1.807) is 39.5 Å². The van der Waals surface area contributed by atoms with Crippen LogP contribution in [0.5, 0.6) is 17.2 Å². The highest BCUT2D eigenvalue weighted by Gasteiger charge is 2.18.